The zero-order valence-electron chi connectivity index (χ0n) is 11.0. The standard InChI is InChI=1S/C17H15ClN2/c18-14-7-3-1-6-13(14)16-17-12(9-10-19-16)11-5-2-4-8-15(11)20-17/h1-8,16,19-20H,9-10H2/t16-/m0/s1. The number of aromatic amines is 1. The SMILES string of the molecule is Clc1ccccc1[C@@H]1NCCc2c1[nH]c1ccccc21. The van der Waals surface area contributed by atoms with E-state index in [-0.39, 0.29) is 6.04 Å². The summed E-state index contributed by atoms with van der Waals surface area (Å²) in [6, 6.07) is 16.7. The molecule has 0 unspecified atom stereocenters. The molecular formula is C17H15ClN2. The molecular weight excluding hydrogens is 268 g/mol. The first-order valence-corrected chi connectivity index (χ1v) is 7.29. The fraction of sp³-hybridized carbons (Fsp3) is 0.176. The van der Waals surface area contributed by atoms with Gasteiger partial charge in [-0.1, -0.05) is 48.0 Å². The predicted molar refractivity (Wildman–Crippen MR) is 83.3 cm³/mol. The largest absolute Gasteiger partial charge is 0.357 e. The van der Waals surface area contributed by atoms with E-state index in [1.54, 1.807) is 0 Å². The van der Waals surface area contributed by atoms with Crippen LogP contribution in [0.3, 0.4) is 0 Å². The first kappa shape index (κ1) is 12.0. The van der Waals surface area contributed by atoms with E-state index in [1.807, 2.05) is 18.2 Å². The van der Waals surface area contributed by atoms with Crippen molar-refractivity contribution in [2.75, 3.05) is 6.54 Å². The minimum absolute atomic E-state index is 0.153. The summed E-state index contributed by atoms with van der Waals surface area (Å²) in [5, 5.41) is 5.73. The average Bonchev–Trinajstić information content (AvgIpc) is 2.86. The fourth-order valence-corrected chi connectivity index (χ4v) is 3.40. The highest BCUT2D eigenvalue weighted by atomic mass is 35.5. The molecule has 0 saturated carbocycles. The molecule has 0 spiro atoms. The van der Waals surface area contributed by atoms with Crippen molar-refractivity contribution in [3.63, 3.8) is 0 Å². The van der Waals surface area contributed by atoms with Crippen LogP contribution in [0, 0.1) is 0 Å². The van der Waals surface area contributed by atoms with E-state index in [4.69, 9.17) is 11.6 Å². The van der Waals surface area contributed by atoms with Gasteiger partial charge in [0.15, 0.2) is 0 Å². The third kappa shape index (κ3) is 1.76. The molecule has 0 saturated heterocycles. The number of hydrogen-bond donors (Lipinski definition) is 2. The fourth-order valence-electron chi connectivity index (χ4n) is 3.15. The molecule has 2 nitrogen and oxygen atoms in total. The van der Waals surface area contributed by atoms with Gasteiger partial charge in [0.05, 0.1) is 6.04 Å². The first-order valence-electron chi connectivity index (χ1n) is 6.92. The molecule has 1 aliphatic heterocycles. The Morgan fingerprint density at radius 1 is 1.00 bits per heavy atom. The molecule has 0 bridgehead atoms. The number of benzene rings is 2. The Labute approximate surface area is 122 Å². The minimum atomic E-state index is 0.153. The number of para-hydroxylation sites is 1. The predicted octanol–water partition coefficient (Wildman–Crippen LogP) is 4.06. The van der Waals surface area contributed by atoms with Crippen LogP contribution in [0.15, 0.2) is 48.5 Å². The van der Waals surface area contributed by atoms with Crippen LogP contribution in [0.5, 0.6) is 0 Å². The Hall–Kier alpha value is -1.77. The quantitative estimate of drug-likeness (QED) is 0.692. The van der Waals surface area contributed by atoms with E-state index >= 15 is 0 Å². The van der Waals surface area contributed by atoms with E-state index in [0.29, 0.717) is 0 Å². The Bertz CT molecular complexity index is 776. The zero-order valence-corrected chi connectivity index (χ0v) is 11.7. The topological polar surface area (TPSA) is 27.8 Å². The number of nitrogens with one attached hydrogen (secondary N) is 2. The van der Waals surface area contributed by atoms with Crippen molar-refractivity contribution < 1.29 is 0 Å². The van der Waals surface area contributed by atoms with Crippen LogP contribution in [0.2, 0.25) is 5.02 Å². The van der Waals surface area contributed by atoms with Crippen molar-refractivity contribution >= 4 is 22.5 Å². The van der Waals surface area contributed by atoms with Gasteiger partial charge < -0.3 is 10.3 Å². The molecule has 0 aliphatic carbocycles. The summed E-state index contributed by atoms with van der Waals surface area (Å²) in [5.41, 5.74) is 5.02. The van der Waals surface area contributed by atoms with Crippen LogP contribution in [0.4, 0.5) is 0 Å². The molecule has 0 radical (unpaired) electrons. The first-order chi connectivity index (χ1) is 9.84. The molecule has 2 N–H and O–H groups in total. The summed E-state index contributed by atoms with van der Waals surface area (Å²) in [6.45, 7) is 0.977. The summed E-state index contributed by atoms with van der Waals surface area (Å²) in [5.74, 6) is 0. The van der Waals surface area contributed by atoms with Gasteiger partial charge in [0.25, 0.3) is 0 Å². The van der Waals surface area contributed by atoms with Gasteiger partial charge in [-0.3, -0.25) is 0 Å². The smallest absolute Gasteiger partial charge is 0.0746 e. The third-order valence-corrected chi connectivity index (χ3v) is 4.42. The zero-order chi connectivity index (χ0) is 13.5. The monoisotopic (exact) mass is 282 g/mol. The maximum absolute atomic E-state index is 6.37. The molecule has 0 fully saturated rings. The minimum Gasteiger partial charge on any atom is -0.357 e. The maximum Gasteiger partial charge on any atom is 0.0746 e. The second-order valence-electron chi connectivity index (χ2n) is 5.22. The second kappa shape index (κ2) is 4.65. The number of H-pyrrole nitrogens is 1. The van der Waals surface area contributed by atoms with Gasteiger partial charge in [-0.2, -0.15) is 0 Å². The molecule has 1 aliphatic rings. The van der Waals surface area contributed by atoms with E-state index in [2.05, 4.69) is 40.6 Å². The van der Waals surface area contributed by atoms with Crippen molar-refractivity contribution in [1.82, 2.24) is 10.3 Å². The Kier molecular flexibility index (Phi) is 2.79. The molecule has 3 heteroatoms. The van der Waals surface area contributed by atoms with Gasteiger partial charge in [-0.05, 0) is 29.7 Å². The normalized spacial score (nSPS) is 18.1. The van der Waals surface area contributed by atoms with E-state index < -0.39 is 0 Å². The third-order valence-electron chi connectivity index (χ3n) is 4.08. The molecule has 4 rings (SSSR count). The molecule has 1 atom stereocenters. The van der Waals surface area contributed by atoms with Gasteiger partial charge in [0.1, 0.15) is 0 Å². The van der Waals surface area contributed by atoms with Crippen LogP contribution in [-0.4, -0.2) is 11.5 Å². The second-order valence-corrected chi connectivity index (χ2v) is 5.63. The Morgan fingerprint density at radius 2 is 1.80 bits per heavy atom. The lowest BCUT2D eigenvalue weighted by Crippen LogP contribution is -2.30. The highest BCUT2D eigenvalue weighted by molar-refractivity contribution is 6.31. The van der Waals surface area contributed by atoms with Gasteiger partial charge in [0, 0.05) is 28.2 Å². The summed E-state index contributed by atoms with van der Waals surface area (Å²) in [7, 11) is 0. The van der Waals surface area contributed by atoms with Crippen molar-refractivity contribution in [1.29, 1.82) is 0 Å². The van der Waals surface area contributed by atoms with Gasteiger partial charge >= 0.3 is 0 Å². The summed E-state index contributed by atoms with van der Waals surface area (Å²) in [4.78, 5) is 3.57. The number of halogens is 1. The molecule has 0 amide bonds. The summed E-state index contributed by atoms with van der Waals surface area (Å²) >= 11 is 6.37. The molecule has 2 aromatic carbocycles. The van der Waals surface area contributed by atoms with E-state index in [1.165, 1.54) is 22.2 Å². The van der Waals surface area contributed by atoms with Crippen molar-refractivity contribution in [3.8, 4) is 0 Å². The highest BCUT2D eigenvalue weighted by Gasteiger charge is 2.26. The lowest BCUT2D eigenvalue weighted by molar-refractivity contribution is 0.560. The van der Waals surface area contributed by atoms with Crippen LogP contribution < -0.4 is 5.32 Å². The highest BCUT2D eigenvalue weighted by Crippen LogP contribution is 2.35. The van der Waals surface area contributed by atoms with E-state index in [9.17, 15) is 0 Å². The summed E-state index contributed by atoms with van der Waals surface area (Å²) < 4.78 is 0. The Morgan fingerprint density at radius 3 is 2.70 bits per heavy atom. The maximum atomic E-state index is 6.37. The van der Waals surface area contributed by atoms with Crippen molar-refractivity contribution in [2.24, 2.45) is 0 Å². The number of rotatable bonds is 1. The van der Waals surface area contributed by atoms with Crippen LogP contribution in [0.1, 0.15) is 22.9 Å². The molecule has 1 aromatic heterocycles. The molecule has 2 heterocycles. The molecule has 3 aromatic rings. The number of hydrogen-bond acceptors (Lipinski definition) is 1. The van der Waals surface area contributed by atoms with Crippen LogP contribution in [-0.2, 0) is 6.42 Å². The van der Waals surface area contributed by atoms with E-state index in [0.717, 1.165) is 23.6 Å². The van der Waals surface area contributed by atoms with Crippen molar-refractivity contribution in [2.45, 2.75) is 12.5 Å². The molecule has 100 valence electrons. The number of fused-ring (bicyclic) bond motifs is 3. The van der Waals surface area contributed by atoms with Crippen LogP contribution >= 0.6 is 11.6 Å². The van der Waals surface area contributed by atoms with Gasteiger partial charge in [0.2, 0.25) is 0 Å². The van der Waals surface area contributed by atoms with Gasteiger partial charge in [-0.25, -0.2) is 0 Å². The Balaban J connectivity index is 1.92. The molecule has 20 heavy (non-hydrogen) atoms. The number of aromatic nitrogens is 1. The van der Waals surface area contributed by atoms with Crippen molar-refractivity contribution in [3.05, 3.63) is 70.4 Å². The lowest BCUT2D eigenvalue weighted by atomic mass is 9.94. The average molecular weight is 283 g/mol. The summed E-state index contributed by atoms with van der Waals surface area (Å²) in [6.07, 6.45) is 1.06. The van der Waals surface area contributed by atoms with Crippen LogP contribution in [0.25, 0.3) is 10.9 Å². The lowest BCUT2D eigenvalue weighted by Gasteiger charge is -2.25. The van der Waals surface area contributed by atoms with Gasteiger partial charge in [-0.15, -0.1) is 0 Å².